The third-order valence-electron chi connectivity index (χ3n) is 5.48. The van der Waals surface area contributed by atoms with Gasteiger partial charge in [-0.15, -0.1) is 0 Å². The average Bonchev–Trinajstić information content (AvgIpc) is 3.31. The molecule has 0 radical (unpaired) electrons. The maximum atomic E-state index is 13.2. The maximum absolute atomic E-state index is 13.2. The van der Waals surface area contributed by atoms with Crippen LogP contribution in [0.5, 0.6) is 0 Å². The molecule has 0 aliphatic carbocycles. The van der Waals surface area contributed by atoms with Crippen molar-refractivity contribution in [3.63, 3.8) is 0 Å². The van der Waals surface area contributed by atoms with Crippen LogP contribution in [0.4, 0.5) is 4.39 Å². The molecular formula is C20H21FN2O3. The zero-order valence-corrected chi connectivity index (χ0v) is 14.5. The Labute approximate surface area is 151 Å². The number of likely N-dealkylation sites (tertiary alicyclic amines) is 2. The first-order chi connectivity index (χ1) is 12.6. The standard InChI is InChI=1S/C20H21FN2O3/c21-16-6-4-15(5-7-16)13-22-10-2-8-20(19(22)25)9-11-23(14-20)18(24)17-3-1-12-26-17/h1,3-7,12H,2,8-11,13-14H2/t20-/m0/s1. The molecule has 1 aromatic heterocycles. The molecule has 2 aliphatic rings. The Kier molecular flexibility index (Phi) is 4.26. The molecule has 2 saturated heterocycles. The fourth-order valence-corrected chi connectivity index (χ4v) is 4.09. The van der Waals surface area contributed by atoms with Crippen LogP contribution in [0.25, 0.3) is 0 Å². The lowest BCUT2D eigenvalue weighted by atomic mass is 9.78. The third-order valence-corrected chi connectivity index (χ3v) is 5.48. The number of halogens is 1. The van der Waals surface area contributed by atoms with E-state index in [4.69, 9.17) is 4.42 Å². The van der Waals surface area contributed by atoms with Gasteiger partial charge >= 0.3 is 0 Å². The summed E-state index contributed by atoms with van der Waals surface area (Å²) in [7, 11) is 0. The highest BCUT2D eigenvalue weighted by Gasteiger charge is 2.49. The Hall–Kier alpha value is -2.63. The molecule has 1 atom stereocenters. The van der Waals surface area contributed by atoms with Crippen LogP contribution in [0.2, 0.25) is 0 Å². The predicted molar refractivity (Wildman–Crippen MR) is 92.7 cm³/mol. The van der Waals surface area contributed by atoms with Gasteiger partial charge in [-0.1, -0.05) is 12.1 Å². The molecule has 0 saturated carbocycles. The van der Waals surface area contributed by atoms with Crippen LogP contribution in [-0.2, 0) is 11.3 Å². The normalized spacial score (nSPS) is 23.0. The van der Waals surface area contributed by atoms with Gasteiger partial charge in [0.25, 0.3) is 5.91 Å². The number of rotatable bonds is 3. The van der Waals surface area contributed by atoms with E-state index >= 15 is 0 Å². The van der Waals surface area contributed by atoms with E-state index in [1.807, 2.05) is 4.90 Å². The third kappa shape index (κ3) is 3.00. The number of hydrogen-bond acceptors (Lipinski definition) is 3. The van der Waals surface area contributed by atoms with Crippen molar-refractivity contribution >= 4 is 11.8 Å². The minimum absolute atomic E-state index is 0.0998. The van der Waals surface area contributed by atoms with Crippen LogP contribution in [0.3, 0.4) is 0 Å². The lowest BCUT2D eigenvalue weighted by Crippen LogP contribution is -2.50. The van der Waals surface area contributed by atoms with Crippen molar-refractivity contribution in [2.75, 3.05) is 19.6 Å². The summed E-state index contributed by atoms with van der Waals surface area (Å²) in [5.41, 5.74) is 0.416. The van der Waals surface area contributed by atoms with Gasteiger partial charge in [-0.2, -0.15) is 0 Å². The van der Waals surface area contributed by atoms with Gasteiger partial charge in [0.2, 0.25) is 5.91 Å². The van der Waals surface area contributed by atoms with Crippen LogP contribution in [-0.4, -0.2) is 41.2 Å². The smallest absolute Gasteiger partial charge is 0.289 e. The van der Waals surface area contributed by atoms with Crippen molar-refractivity contribution in [2.45, 2.75) is 25.8 Å². The molecular weight excluding hydrogens is 335 g/mol. The Morgan fingerprint density at radius 3 is 2.69 bits per heavy atom. The lowest BCUT2D eigenvalue weighted by Gasteiger charge is -2.39. The van der Waals surface area contributed by atoms with Crippen molar-refractivity contribution in [1.82, 2.24) is 9.80 Å². The summed E-state index contributed by atoms with van der Waals surface area (Å²) in [5.74, 6) is -0.0234. The Morgan fingerprint density at radius 2 is 1.96 bits per heavy atom. The van der Waals surface area contributed by atoms with Crippen molar-refractivity contribution in [3.8, 4) is 0 Å². The van der Waals surface area contributed by atoms with Gasteiger partial charge in [-0.05, 0) is 49.1 Å². The number of piperidine rings is 1. The van der Waals surface area contributed by atoms with Crippen LogP contribution < -0.4 is 0 Å². The highest BCUT2D eigenvalue weighted by molar-refractivity contribution is 5.93. The van der Waals surface area contributed by atoms with E-state index < -0.39 is 5.41 Å². The summed E-state index contributed by atoms with van der Waals surface area (Å²) in [6.45, 7) is 2.18. The van der Waals surface area contributed by atoms with E-state index in [1.165, 1.54) is 18.4 Å². The molecule has 26 heavy (non-hydrogen) atoms. The van der Waals surface area contributed by atoms with Crippen LogP contribution in [0, 0.1) is 11.2 Å². The number of nitrogens with zero attached hydrogens (tertiary/aromatic N) is 2. The average molecular weight is 356 g/mol. The van der Waals surface area contributed by atoms with Gasteiger partial charge < -0.3 is 14.2 Å². The molecule has 4 rings (SSSR count). The molecule has 3 heterocycles. The van der Waals surface area contributed by atoms with Crippen molar-refractivity contribution in [2.24, 2.45) is 5.41 Å². The molecule has 136 valence electrons. The Morgan fingerprint density at radius 1 is 1.15 bits per heavy atom. The summed E-state index contributed by atoms with van der Waals surface area (Å²) in [6, 6.07) is 9.60. The van der Waals surface area contributed by atoms with E-state index in [0.717, 1.165) is 18.4 Å². The number of carbonyl (C=O) groups is 2. The highest BCUT2D eigenvalue weighted by atomic mass is 19.1. The summed E-state index contributed by atoms with van der Waals surface area (Å²) in [5, 5.41) is 0. The predicted octanol–water partition coefficient (Wildman–Crippen LogP) is 3.07. The van der Waals surface area contributed by atoms with E-state index in [9.17, 15) is 14.0 Å². The summed E-state index contributed by atoms with van der Waals surface area (Å²) < 4.78 is 18.3. The second-order valence-electron chi connectivity index (χ2n) is 7.19. The van der Waals surface area contributed by atoms with Gasteiger partial charge in [-0.3, -0.25) is 9.59 Å². The molecule has 0 N–H and O–H groups in total. The topological polar surface area (TPSA) is 53.8 Å². The molecule has 5 nitrogen and oxygen atoms in total. The Balaban J connectivity index is 1.47. The van der Waals surface area contributed by atoms with Gasteiger partial charge in [0.15, 0.2) is 5.76 Å². The zero-order valence-electron chi connectivity index (χ0n) is 14.5. The van der Waals surface area contributed by atoms with Crippen LogP contribution in [0.15, 0.2) is 47.1 Å². The highest BCUT2D eigenvalue weighted by Crippen LogP contribution is 2.41. The minimum atomic E-state index is -0.499. The van der Waals surface area contributed by atoms with Crippen molar-refractivity contribution < 1.29 is 18.4 Å². The fourth-order valence-electron chi connectivity index (χ4n) is 4.09. The maximum Gasteiger partial charge on any atom is 0.289 e. The number of amides is 2. The van der Waals surface area contributed by atoms with Gasteiger partial charge in [0, 0.05) is 26.2 Å². The van der Waals surface area contributed by atoms with Crippen molar-refractivity contribution in [3.05, 3.63) is 59.8 Å². The minimum Gasteiger partial charge on any atom is -0.459 e. The lowest BCUT2D eigenvalue weighted by molar-refractivity contribution is -0.146. The van der Waals surface area contributed by atoms with E-state index in [2.05, 4.69) is 0 Å². The summed E-state index contributed by atoms with van der Waals surface area (Å²) in [6.07, 6.45) is 3.87. The molecule has 2 aliphatic heterocycles. The first-order valence-corrected chi connectivity index (χ1v) is 8.94. The number of benzene rings is 1. The molecule has 2 aromatic rings. The first kappa shape index (κ1) is 16.8. The number of hydrogen-bond donors (Lipinski definition) is 0. The van der Waals surface area contributed by atoms with E-state index in [1.54, 1.807) is 29.2 Å². The van der Waals surface area contributed by atoms with Crippen molar-refractivity contribution in [1.29, 1.82) is 0 Å². The second kappa shape index (κ2) is 6.59. The fraction of sp³-hybridized carbons (Fsp3) is 0.400. The Bertz CT molecular complexity index is 803. The largest absolute Gasteiger partial charge is 0.459 e. The van der Waals surface area contributed by atoms with Crippen LogP contribution >= 0.6 is 0 Å². The molecule has 1 spiro atoms. The van der Waals surface area contributed by atoms with E-state index in [-0.39, 0.29) is 17.6 Å². The van der Waals surface area contributed by atoms with E-state index in [0.29, 0.717) is 38.4 Å². The zero-order chi connectivity index (χ0) is 18.1. The summed E-state index contributed by atoms with van der Waals surface area (Å²) >= 11 is 0. The molecule has 1 aromatic carbocycles. The van der Waals surface area contributed by atoms with Gasteiger partial charge in [0.05, 0.1) is 11.7 Å². The SMILES string of the molecule is O=C(c1ccco1)N1CC[C@@]2(CCCN(Cc3ccc(F)cc3)C2=O)C1. The number of furan rings is 1. The monoisotopic (exact) mass is 356 g/mol. The quantitative estimate of drug-likeness (QED) is 0.849. The van der Waals surface area contributed by atoms with Gasteiger partial charge in [0.1, 0.15) is 5.82 Å². The molecule has 0 unspecified atom stereocenters. The number of carbonyl (C=O) groups excluding carboxylic acids is 2. The van der Waals surface area contributed by atoms with Crippen LogP contribution in [0.1, 0.15) is 35.4 Å². The van der Waals surface area contributed by atoms with Gasteiger partial charge in [-0.25, -0.2) is 4.39 Å². The molecule has 2 fully saturated rings. The molecule has 6 heteroatoms. The molecule has 2 amide bonds. The summed E-state index contributed by atoms with van der Waals surface area (Å²) in [4.78, 5) is 29.2. The second-order valence-corrected chi connectivity index (χ2v) is 7.19. The first-order valence-electron chi connectivity index (χ1n) is 8.94. The molecule has 0 bridgehead atoms.